The van der Waals surface area contributed by atoms with Crippen molar-refractivity contribution in [3.05, 3.63) is 53.6 Å². The summed E-state index contributed by atoms with van der Waals surface area (Å²) in [7, 11) is 3.05. The van der Waals surface area contributed by atoms with Crippen LogP contribution in [0.1, 0.15) is 6.42 Å². The highest BCUT2D eigenvalue weighted by atomic mass is 35.5. The maximum atomic E-state index is 14.6. The zero-order valence-electron chi connectivity index (χ0n) is 19.8. The molecule has 0 aliphatic carbocycles. The van der Waals surface area contributed by atoms with Gasteiger partial charge in [0.15, 0.2) is 11.6 Å². The molecule has 0 unspecified atom stereocenters. The van der Waals surface area contributed by atoms with Gasteiger partial charge in [0, 0.05) is 40.9 Å². The van der Waals surface area contributed by atoms with Crippen LogP contribution in [0.25, 0.3) is 22.4 Å². The maximum absolute atomic E-state index is 14.6. The zero-order valence-corrected chi connectivity index (χ0v) is 20.6. The number of halogens is 2. The molecule has 1 aliphatic heterocycles. The molecular weight excluding hydrogens is 489 g/mol. The van der Waals surface area contributed by atoms with Crippen LogP contribution in [-0.2, 0) is 14.3 Å². The van der Waals surface area contributed by atoms with E-state index in [1.54, 1.807) is 30.3 Å². The quantitative estimate of drug-likeness (QED) is 0.438. The number of anilines is 2. The molecule has 0 saturated heterocycles. The van der Waals surface area contributed by atoms with Crippen molar-refractivity contribution < 1.29 is 23.5 Å². The highest BCUT2D eigenvalue weighted by Crippen LogP contribution is 2.41. The van der Waals surface area contributed by atoms with Crippen LogP contribution in [0.4, 0.5) is 15.9 Å². The molecule has 9 nitrogen and oxygen atoms in total. The highest BCUT2D eigenvalue weighted by Gasteiger charge is 2.21. The number of ether oxygens (including phenoxy) is 2. The van der Waals surface area contributed by atoms with Gasteiger partial charge in [-0.15, -0.1) is 0 Å². The molecule has 188 valence electrons. The molecule has 0 saturated carbocycles. The van der Waals surface area contributed by atoms with Gasteiger partial charge in [0.05, 0.1) is 37.8 Å². The number of likely N-dealkylation sites (N-methyl/N-ethyl adjacent to an activating group) is 1. The minimum Gasteiger partial charge on any atom is -0.487 e. The maximum Gasteiger partial charge on any atom is 0.319 e. The van der Waals surface area contributed by atoms with Crippen molar-refractivity contribution in [1.29, 1.82) is 0 Å². The summed E-state index contributed by atoms with van der Waals surface area (Å²) in [6, 6.07) is 7.76. The Labute approximate surface area is 212 Å². The van der Waals surface area contributed by atoms with E-state index in [-0.39, 0.29) is 30.4 Å². The van der Waals surface area contributed by atoms with E-state index in [9.17, 15) is 14.0 Å². The van der Waals surface area contributed by atoms with E-state index in [2.05, 4.69) is 25.3 Å². The van der Waals surface area contributed by atoms with Crippen molar-refractivity contribution in [3.8, 4) is 28.1 Å². The van der Waals surface area contributed by atoms with Gasteiger partial charge in [-0.05, 0) is 37.4 Å². The molecule has 0 fully saturated rings. The normalized spacial score (nSPS) is 12.4. The first kappa shape index (κ1) is 25.3. The third-order valence-corrected chi connectivity index (χ3v) is 5.73. The molecule has 3 aromatic rings. The van der Waals surface area contributed by atoms with E-state index in [1.807, 2.05) is 0 Å². The average Bonchev–Trinajstić information content (AvgIpc) is 2.88. The summed E-state index contributed by atoms with van der Waals surface area (Å²) in [6.07, 6.45) is 3.34. The monoisotopic (exact) mass is 513 g/mol. The lowest BCUT2D eigenvalue weighted by molar-refractivity contribution is -0.141. The van der Waals surface area contributed by atoms with E-state index >= 15 is 0 Å². The number of pyridine rings is 2. The van der Waals surface area contributed by atoms with Crippen LogP contribution in [-0.4, -0.2) is 67.1 Å². The highest BCUT2D eigenvalue weighted by molar-refractivity contribution is 6.30. The molecule has 1 amide bonds. The second-order valence-corrected chi connectivity index (χ2v) is 8.64. The Balaban J connectivity index is 1.59. The smallest absolute Gasteiger partial charge is 0.319 e. The van der Waals surface area contributed by atoms with Crippen LogP contribution < -0.4 is 15.4 Å². The van der Waals surface area contributed by atoms with Crippen LogP contribution in [0.2, 0.25) is 5.02 Å². The van der Waals surface area contributed by atoms with Crippen LogP contribution in [0.15, 0.2) is 42.7 Å². The van der Waals surface area contributed by atoms with Crippen LogP contribution in [0, 0.1) is 5.82 Å². The molecule has 0 bridgehead atoms. The number of carbonyl (C=O) groups is 2. The number of rotatable bonds is 8. The number of esters is 1. The summed E-state index contributed by atoms with van der Waals surface area (Å²) in [5.74, 6) is -0.0598. The van der Waals surface area contributed by atoms with Gasteiger partial charge in [-0.25, -0.2) is 9.37 Å². The summed E-state index contributed by atoms with van der Waals surface area (Å²) >= 11 is 6.10. The zero-order chi connectivity index (χ0) is 25.7. The summed E-state index contributed by atoms with van der Waals surface area (Å²) in [4.78, 5) is 34.4. The predicted molar refractivity (Wildman–Crippen MR) is 135 cm³/mol. The van der Waals surface area contributed by atoms with Gasteiger partial charge in [0.2, 0.25) is 5.91 Å². The SMILES string of the molecule is COC(=O)CN(C)CCC(=O)Nc1cncc(-c2cc(-c3cc(Cl)ccc3F)nc3c2OCCN3)c1. The number of hydrogen-bond acceptors (Lipinski definition) is 8. The van der Waals surface area contributed by atoms with Crippen molar-refractivity contribution in [2.75, 3.05) is 51.0 Å². The van der Waals surface area contributed by atoms with E-state index < -0.39 is 5.82 Å². The Morgan fingerprint density at radius 2 is 2.08 bits per heavy atom. The lowest BCUT2D eigenvalue weighted by Gasteiger charge is -2.22. The van der Waals surface area contributed by atoms with Crippen molar-refractivity contribution in [3.63, 3.8) is 0 Å². The van der Waals surface area contributed by atoms with Crippen molar-refractivity contribution in [2.45, 2.75) is 6.42 Å². The molecular formula is C25H25ClFN5O4. The standard InChI is InChI=1S/C25H25ClFN5O4/c1-32(14-23(34)35-2)7-5-22(33)30-17-9-15(12-28-13-17)18-11-21(19-10-16(26)3-4-20(19)27)31-25-24(18)36-8-6-29-25/h3-4,9-13H,5-8,14H2,1-2H3,(H,29,31)(H,30,33). The third-order valence-electron chi connectivity index (χ3n) is 5.50. The van der Waals surface area contributed by atoms with Crippen LogP contribution >= 0.6 is 11.6 Å². The van der Waals surface area contributed by atoms with E-state index in [4.69, 9.17) is 16.3 Å². The fourth-order valence-electron chi connectivity index (χ4n) is 3.70. The number of methoxy groups -OCH3 is 1. The van der Waals surface area contributed by atoms with Gasteiger partial charge in [0.25, 0.3) is 0 Å². The number of carbonyl (C=O) groups excluding carboxylic acids is 2. The van der Waals surface area contributed by atoms with Crippen LogP contribution in [0.3, 0.4) is 0 Å². The molecule has 0 spiro atoms. The average molecular weight is 514 g/mol. The van der Waals surface area contributed by atoms with Gasteiger partial charge in [0.1, 0.15) is 12.4 Å². The van der Waals surface area contributed by atoms with Crippen LogP contribution in [0.5, 0.6) is 5.75 Å². The van der Waals surface area contributed by atoms with Gasteiger partial charge >= 0.3 is 5.97 Å². The Morgan fingerprint density at radius 3 is 2.89 bits per heavy atom. The summed E-state index contributed by atoms with van der Waals surface area (Å²) in [6.45, 7) is 1.47. The molecule has 11 heteroatoms. The largest absolute Gasteiger partial charge is 0.487 e. The summed E-state index contributed by atoms with van der Waals surface area (Å²) in [5.41, 5.74) is 2.42. The Hall–Kier alpha value is -3.76. The molecule has 36 heavy (non-hydrogen) atoms. The van der Waals surface area contributed by atoms with Gasteiger partial charge < -0.3 is 20.1 Å². The van der Waals surface area contributed by atoms with E-state index in [0.29, 0.717) is 58.8 Å². The van der Waals surface area contributed by atoms with Gasteiger partial charge in [-0.2, -0.15) is 0 Å². The Bertz CT molecular complexity index is 1290. The summed E-state index contributed by atoms with van der Waals surface area (Å²) < 4.78 is 25.1. The number of nitrogens with one attached hydrogen (secondary N) is 2. The Kier molecular flexibility index (Phi) is 7.97. The molecule has 3 heterocycles. The fourth-order valence-corrected chi connectivity index (χ4v) is 3.88. The lowest BCUT2D eigenvalue weighted by Crippen LogP contribution is -2.30. The molecule has 0 radical (unpaired) electrons. The first-order valence-electron chi connectivity index (χ1n) is 11.2. The van der Waals surface area contributed by atoms with Crippen molar-refractivity contribution >= 4 is 35.0 Å². The van der Waals surface area contributed by atoms with E-state index in [1.165, 1.54) is 31.5 Å². The third kappa shape index (κ3) is 6.07. The second kappa shape index (κ2) is 11.3. The molecule has 1 aromatic carbocycles. The number of amides is 1. The minimum absolute atomic E-state index is 0.0948. The number of aromatic nitrogens is 2. The molecule has 2 N–H and O–H groups in total. The number of benzene rings is 1. The van der Waals surface area contributed by atoms with Crippen molar-refractivity contribution in [1.82, 2.24) is 14.9 Å². The predicted octanol–water partition coefficient (Wildman–Crippen LogP) is 3.84. The topological polar surface area (TPSA) is 106 Å². The Morgan fingerprint density at radius 1 is 1.25 bits per heavy atom. The molecule has 2 aromatic heterocycles. The first-order chi connectivity index (χ1) is 17.3. The molecule has 4 rings (SSSR count). The summed E-state index contributed by atoms with van der Waals surface area (Å²) in [5, 5.41) is 6.40. The van der Waals surface area contributed by atoms with Gasteiger partial charge in [-0.3, -0.25) is 19.5 Å². The fraction of sp³-hybridized carbons (Fsp3) is 0.280. The second-order valence-electron chi connectivity index (χ2n) is 8.21. The minimum atomic E-state index is -0.453. The first-order valence-corrected chi connectivity index (χ1v) is 11.6. The number of hydrogen-bond donors (Lipinski definition) is 2. The molecule has 0 atom stereocenters. The lowest BCUT2D eigenvalue weighted by atomic mass is 10.0. The number of fused-ring (bicyclic) bond motifs is 1. The number of nitrogens with zero attached hydrogens (tertiary/aromatic N) is 3. The van der Waals surface area contributed by atoms with Crippen molar-refractivity contribution in [2.24, 2.45) is 0 Å². The molecule has 1 aliphatic rings. The van der Waals surface area contributed by atoms with Gasteiger partial charge in [-0.1, -0.05) is 11.6 Å². The van der Waals surface area contributed by atoms with E-state index in [0.717, 1.165) is 0 Å².